The lowest BCUT2D eigenvalue weighted by Crippen LogP contribution is -2.18. The second kappa shape index (κ2) is 6.39. The van der Waals surface area contributed by atoms with Gasteiger partial charge >= 0.3 is 0 Å². The van der Waals surface area contributed by atoms with Crippen LogP contribution < -0.4 is 5.32 Å². The van der Waals surface area contributed by atoms with E-state index in [2.05, 4.69) is 90.2 Å². The molecule has 0 aliphatic heterocycles. The zero-order chi connectivity index (χ0) is 15.5. The summed E-state index contributed by atoms with van der Waals surface area (Å²) in [6, 6.07) is 30.8. The number of fused-ring (bicyclic) bond motifs is 1. The van der Waals surface area contributed by atoms with Gasteiger partial charge in [0, 0.05) is 18.5 Å². The summed E-state index contributed by atoms with van der Waals surface area (Å²) in [4.78, 5) is 0. The highest BCUT2D eigenvalue weighted by Crippen LogP contribution is 2.43. The minimum absolute atomic E-state index is 0.427. The van der Waals surface area contributed by atoms with E-state index in [1.807, 2.05) is 0 Å². The van der Waals surface area contributed by atoms with E-state index in [-0.39, 0.29) is 0 Å². The van der Waals surface area contributed by atoms with Crippen molar-refractivity contribution < 1.29 is 0 Å². The van der Waals surface area contributed by atoms with Crippen molar-refractivity contribution in [1.29, 1.82) is 0 Å². The Labute approximate surface area is 138 Å². The molecule has 1 aliphatic rings. The molecule has 114 valence electrons. The lowest BCUT2D eigenvalue weighted by molar-refractivity contribution is 0.513. The zero-order valence-corrected chi connectivity index (χ0v) is 13.2. The van der Waals surface area contributed by atoms with E-state index in [1.165, 1.54) is 22.3 Å². The van der Waals surface area contributed by atoms with Crippen molar-refractivity contribution in [2.24, 2.45) is 0 Å². The monoisotopic (exact) mass is 299 g/mol. The number of hydrogen-bond acceptors (Lipinski definition) is 1. The average molecular weight is 299 g/mol. The van der Waals surface area contributed by atoms with Gasteiger partial charge in [-0.15, -0.1) is 0 Å². The first-order chi connectivity index (χ1) is 11.4. The van der Waals surface area contributed by atoms with Crippen LogP contribution in [0.15, 0.2) is 84.9 Å². The van der Waals surface area contributed by atoms with E-state index < -0.39 is 0 Å². The molecule has 0 spiro atoms. The predicted octanol–water partition coefficient (Wildman–Crippen LogP) is 5.05. The lowest BCUT2D eigenvalue weighted by Gasteiger charge is -2.15. The Bertz CT molecular complexity index is 764. The summed E-state index contributed by atoms with van der Waals surface area (Å²) in [6.45, 7) is 0.918. The van der Waals surface area contributed by atoms with E-state index in [9.17, 15) is 0 Å². The first kappa shape index (κ1) is 14.2. The maximum atomic E-state index is 3.75. The third kappa shape index (κ3) is 2.93. The maximum Gasteiger partial charge on any atom is 0.0335 e. The van der Waals surface area contributed by atoms with Crippen LogP contribution in [-0.2, 0) is 6.54 Å². The minimum Gasteiger partial charge on any atom is -0.306 e. The van der Waals surface area contributed by atoms with Crippen LogP contribution in [0.1, 0.15) is 40.6 Å². The fraction of sp³-hybridized carbons (Fsp3) is 0.182. The van der Waals surface area contributed by atoms with Gasteiger partial charge in [0.15, 0.2) is 0 Å². The van der Waals surface area contributed by atoms with Crippen molar-refractivity contribution in [3.8, 4) is 0 Å². The molecule has 4 rings (SSSR count). The van der Waals surface area contributed by atoms with Crippen LogP contribution >= 0.6 is 0 Å². The summed E-state index contributed by atoms with van der Waals surface area (Å²) < 4.78 is 0. The van der Waals surface area contributed by atoms with Crippen molar-refractivity contribution in [3.63, 3.8) is 0 Å². The Morgan fingerprint density at radius 1 is 0.696 bits per heavy atom. The highest BCUT2D eigenvalue weighted by molar-refractivity contribution is 5.44. The fourth-order valence-electron chi connectivity index (χ4n) is 3.67. The smallest absolute Gasteiger partial charge is 0.0335 e. The Morgan fingerprint density at radius 3 is 2.04 bits per heavy atom. The zero-order valence-electron chi connectivity index (χ0n) is 13.2. The quantitative estimate of drug-likeness (QED) is 0.710. The van der Waals surface area contributed by atoms with Gasteiger partial charge in [-0.2, -0.15) is 0 Å². The number of rotatable bonds is 4. The lowest BCUT2D eigenvalue weighted by atomic mass is 9.93. The van der Waals surface area contributed by atoms with Crippen LogP contribution in [0.2, 0.25) is 0 Å². The van der Waals surface area contributed by atoms with Gasteiger partial charge in [-0.25, -0.2) is 0 Å². The van der Waals surface area contributed by atoms with Gasteiger partial charge < -0.3 is 5.32 Å². The highest BCUT2D eigenvalue weighted by Gasteiger charge is 2.31. The molecule has 1 nitrogen and oxygen atoms in total. The summed E-state index contributed by atoms with van der Waals surface area (Å²) in [6.07, 6.45) is 1.14. The highest BCUT2D eigenvalue weighted by atomic mass is 14.9. The molecule has 1 heteroatoms. The van der Waals surface area contributed by atoms with Crippen molar-refractivity contribution in [2.75, 3.05) is 0 Å². The van der Waals surface area contributed by atoms with Crippen molar-refractivity contribution in [1.82, 2.24) is 5.32 Å². The number of nitrogens with one attached hydrogen (secondary N) is 1. The topological polar surface area (TPSA) is 12.0 Å². The molecule has 0 amide bonds. The molecule has 0 saturated heterocycles. The van der Waals surface area contributed by atoms with Gasteiger partial charge in [0.1, 0.15) is 0 Å². The molecule has 3 aromatic carbocycles. The molecule has 23 heavy (non-hydrogen) atoms. The molecule has 0 radical (unpaired) electrons. The Balaban J connectivity index is 1.58. The van der Waals surface area contributed by atoms with Crippen LogP contribution in [0.5, 0.6) is 0 Å². The van der Waals surface area contributed by atoms with Gasteiger partial charge in [0.25, 0.3) is 0 Å². The van der Waals surface area contributed by atoms with Gasteiger partial charge in [-0.1, -0.05) is 84.9 Å². The fourth-order valence-corrected chi connectivity index (χ4v) is 3.67. The standard InChI is InChI=1S/C22H21N/c1-3-9-17(10-4-1)16-23-22-15-21(18-11-5-2-6-12-18)19-13-7-8-14-20(19)22/h1-14,21-23H,15-16H2. The molecule has 0 aromatic heterocycles. The van der Waals surface area contributed by atoms with Crippen LogP contribution in [0.3, 0.4) is 0 Å². The summed E-state index contributed by atoms with van der Waals surface area (Å²) in [5.74, 6) is 0.501. The van der Waals surface area contributed by atoms with Crippen molar-refractivity contribution >= 4 is 0 Å². The third-order valence-corrected chi connectivity index (χ3v) is 4.82. The number of hydrogen-bond donors (Lipinski definition) is 1. The summed E-state index contributed by atoms with van der Waals surface area (Å²) in [5, 5.41) is 3.75. The predicted molar refractivity (Wildman–Crippen MR) is 95.4 cm³/mol. The average Bonchev–Trinajstić information content (AvgIpc) is 3.01. The first-order valence-electron chi connectivity index (χ1n) is 8.33. The van der Waals surface area contributed by atoms with E-state index >= 15 is 0 Å². The largest absolute Gasteiger partial charge is 0.306 e. The van der Waals surface area contributed by atoms with E-state index in [0.717, 1.165) is 13.0 Å². The molecule has 1 N–H and O–H groups in total. The summed E-state index contributed by atoms with van der Waals surface area (Å²) in [5.41, 5.74) is 5.69. The van der Waals surface area contributed by atoms with E-state index in [4.69, 9.17) is 0 Å². The first-order valence-corrected chi connectivity index (χ1v) is 8.33. The summed E-state index contributed by atoms with van der Waals surface area (Å²) in [7, 11) is 0. The molecule has 0 saturated carbocycles. The molecular formula is C22H21N. The second-order valence-corrected chi connectivity index (χ2v) is 6.25. The van der Waals surface area contributed by atoms with Crippen LogP contribution in [0, 0.1) is 0 Å². The minimum atomic E-state index is 0.427. The maximum absolute atomic E-state index is 3.75. The molecule has 3 aromatic rings. The van der Waals surface area contributed by atoms with Crippen LogP contribution in [0.25, 0.3) is 0 Å². The van der Waals surface area contributed by atoms with Crippen molar-refractivity contribution in [3.05, 3.63) is 107 Å². The Morgan fingerprint density at radius 2 is 1.30 bits per heavy atom. The molecule has 2 atom stereocenters. The normalized spacial score (nSPS) is 19.5. The molecule has 2 unspecified atom stereocenters. The van der Waals surface area contributed by atoms with Gasteiger partial charge in [-0.05, 0) is 28.7 Å². The summed E-state index contributed by atoms with van der Waals surface area (Å²) >= 11 is 0. The second-order valence-electron chi connectivity index (χ2n) is 6.25. The Kier molecular flexibility index (Phi) is 3.95. The molecule has 0 bridgehead atoms. The SMILES string of the molecule is c1ccc(CNC2CC(c3ccccc3)c3ccccc32)cc1. The molecule has 1 aliphatic carbocycles. The van der Waals surface area contributed by atoms with Gasteiger partial charge in [0.2, 0.25) is 0 Å². The van der Waals surface area contributed by atoms with Gasteiger partial charge in [-0.3, -0.25) is 0 Å². The third-order valence-electron chi connectivity index (χ3n) is 4.82. The molecular weight excluding hydrogens is 278 g/mol. The number of benzene rings is 3. The molecule has 0 heterocycles. The molecule has 0 fully saturated rings. The van der Waals surface area contributed by atoms with E-state index in [1.54, 1.807) is 0 Å². The van der Waals surface area contributed by atoms with Crippen LogP contribution in [-0.4, -0.2) is 0 Å². The van der Waals surface area contributed by atoms with Crippen LogP contribution in [0.4, 0.5) is 0 Å². The van der Waals surface area contributed by atoms with E-state index in [0.29, 0.717) is 12.0 Å². The van der Waals surface area contributed by atoms with Gasteiger partial charge in [0.05, 0.1) is 0 Å². The van der Waals surface area contributed by atoms with Crippen molar-refractivity contribution in [2.45, 2.75) is 24.9 Å². The Hall–Kier alpha value is -2.38.